The number of nitrogens with one attached hydrogen (secondary N) is 1. The molecule has 1 fully saturated rings. The highest BCUT2D eigenvalue weighted by Gasteiger charge is 2.23. The Morgan fingerprint density at radius 1 is 1.38 bits per heavy atom. The highest BCUT2D eigenvalue weighted by atomic mass is 35.5. The Morgan fingerprint density at radius 2 is 2.08 bits per heavy atom. The van der Waals surface area contributed by atoms with Gasteiger partial charge in [0.15, 0.2) is 0 Å². The van der Waals surface area contributed by atoms with E-state index in [9.17, 15) is 0 Å². The first-order valence-electron chi connectivity index (χ1n) is 4.18. The smallest absolute Gasteiger partial charge is 0.129 e. The normalized spacial score (nSPS) is 27.8. The molecule has 3 N–H and O–H groups in total. The molecule has 0 aliphatic carbocycles. The van der Waals surface area contributed by atoms with Crippen LogP contribution in [0.25, 0.3) is 0 Å². The highest BCUT2D eigenvalue weighted by Crippen LogP contribution is 2.24. The Bertz CT molecular complexity index is 288. The zero-order chi connectivity index (χ0) is 9.26. The van der Waals surface area contributed by atoms with E-state index in [-0.39, 0.29) is 12.3 Å². The van der Waals surface area contributed by atoms with Crippen LogP contribution in [-0.4, -0.2) is 6.23 Å². The first-order valence-corrected chi connectivity index (χ1v) is 4.56. The molecule has 0 radical (unpaired) electrons. The fraction of sp³-hybridized carbons (Fsp3) is 0.333. The molecule has 1 aromatic rings. The van der Waals surface area contributed by atoms with Crippen molar-refractivity contribution in [2.24, 2.45) is 5.73 Å². The van der Waals surface area contributed by atoms with Gasteiger partial charge in [0.1, 0.15) is 6.23 Å². The number of hydrogen-bond acceptors (Lipinski definition) is 3. The Labute approximate surface area is 81.8 Å². The maximum atomic E-state index is 5.77. The summed E-state index contributed by atoms with van der Waals surface area (Å²) in [6.07, 6.45) is 0.586. The largest absolute Gasteiger partial charge is 0.304 e. The summed E-state index contributed by atoms with van der Waals surface area (Å²) in [5.74, 6) is 0. The van der Waals surface area contributed by atoms with E-state index in [0.29, 0.717) is 0 Å². The molecule has 70 valence electrons. The van der Waals surface area contributed by atoms with Crippen LogP contribution in [0.1, 0.15) is 18.0 Å². The quantitative estimate of drug-likeness (QED) is 0.721. The van der Waals surface area contributed by atoms with Crippen LogP contribution < -0.4 is 11.2 Å². The minimum Gasteiger partial charge on any atom is -0.304 e. The van der Waals surface area contributed by atoms with Gasteiger partial charge in [0.2, 0.25) is 0 Å². The number of benzene rings is 1. The fourth-order valence-electron chi connectivity index (χ4n) is 1.40. The molecule has 4 heteroatoms. The van der Waals surface area contributed by atoms with Gasteiger partial charge in [-0.15, -0.1) is 0 Å². The maximum absolute atomic E-state index is 5.77. The molecule has 1 heterocycles. The van der Waals surface area contributed by atoms with Crippen LogP contribution in [0.15, 0.2) is 24.3 Å². The molecular weight excluding hydrogens is 188 g/mol. The molecule has 2 rings (SSSR count). The maximum Gasteiger partial charge on any atom is 0.129 e. The van der Waals surface area contributed by atoms with E-state index in [0.717, 1.165) is 17.0 Å². The van der Waals surface area contributed by atoms with Crippen molar-refractivity contribution in [1.82, 2.24) is 5.48 Å². The Balaban J connectivity index is 2.13. The van der Waals surface area contributed by atoms with Crippen LogP contribution in [0, 0.1) is 0 Å². The predicted octanol–water partition coefficient (Wildman–Crippen LogP) is 1.59. The molecule has 1 aliphatic rings. The van der Waals surface area contributed by atoms with E-state index >= 15 is 0 Å². The standard InChI is InChI=1S/C9H11ClN2O/c10-7-3-1-6(2-4-7)8-5-9(11)13-12-8/h1-4,8-9,12H,5,11H2. The summed E-state index contributed by atoms with van der Waals surface area (Å²) in [5.41, 5.74) is 9.61. The minimum atomic E-state index is -0.208. The van der Waals surface area contributed by atoms with Gasteiger partial charge < -0.3 is 5.73 Å². The molecule has 1 saturated heterocycles. The van der Waals surface area contributed by atoms with Crippen LogP contribution in [0.4, 0.5) is 0 Å². The molecule has 13 heavy (non-hydrogen) atoms. The summed E-state index contributed by atoms with van der Waals surface area (Å²) in [5, 5.41) is 0.743. The molecule has 1 aromatic carbocycles. The first-order chi connectivity index (χ1) is 6.25. The molecule has 0 saturated carbocycles. The average Bonchev–Trinajstić information content (AvgIpc) is 2.53. The monoisotopic (exact) mass is 198 g/mol. The van der Waals surface area contributed by atoms with Gasteiger partial charge in [-0.25, -0.2) is 0 Å². The van der Waals surface area contributed by atoms with Crippen molar-refractivity contribution in [3.05, 3.63) is 34.9 Å². The first kappa shape index (κ1) is 8.97. The Hall–Kier alpha value is -0.610. The van der Waals surface area contributed by atoms with E-state index in [1.165, 1.54) is 0 Å². The SMILES string of the molecule is NC1CC(c2ccc(Cl)cc2)NO1. The molecule has 0 aromatic heterocycles. The van der Waals surface area contributed by atoms with Gasteiger partial charge in [-0.3, -0.25) is 4.84 Å². The summed E-state index contributed by atoms with van der Waals surface area (Å²) >= 11 is 5.77. The van der Waals surface area contributed by atoms with Crippen molar-refractivity contribution < 1.29 is 4.84 Å². The Morgan fingerprint density at radius 3 is 2.62 bits per heavy atom. The summed E-state index contributed by atoms with van der Waals surface area (Å²) in [7, 11) is 0. The summed E-state index contributed by atoms with van der Waals surface area (Å²) < 4.78 is 0. The zero-order valence-electron chi connectivity index (χ0n) is 7.03. The minimum absolute atomic E-state index is 0.187. The van der Waals surface area contributed by atoms with E-state index in [1.54, 1.807) is 0 Å². The van der Waals surface area contributed by atoms with E-state index in [2.05, 4.69) is 5.48 Å². The van der Waals surface area contributed by atoms with Gasteiger partial charge in [-0.05, 0) is 17.7 Å². The van der Waals surface area contributed by atoms with Gasteiger partial charge >= 0.3 is 0 Å². The van der Waals surface area contributed by atoms with Crippen molar-refractivity contribution >= 4 is 11.6 Å². The van der Waals surface area contributed by atoms with Gasteiger partial charge in [0.25, 0.3) is 0 Å². The molecule has 2 unspecified atom stereocenters. The fourth-order valence-corrected chi connectivity index (χ4v) is 1.52. The third-order valence-corrected chi connectivity index (χ3v) is 2.35. The summed E-state index contributed by atoms with van der Waals surface area (Å²) in [6, 6.07) is 7.86. The second-order valence-electron chi connectivity index (χ2n) is 3.11. The molecule has 0 bridgehead atoms. The average molecular weight is 199 g/mol. The molecule has 0 amide bonds. The summed E-state index contributed by atoms with van der Waals surface area (Å²) in [6.45, 7) is 0. The predicted molar refractivity (Wildman–Crippen MR) is 51.0 cm³/mol. The van der Waals surface area contributed by atoms with Crippen LogP contribution >= 0.6 is 11.6 Å². The Kier molecular flexibility index (Phi) is 2.51. The molecule has 3 nitrogen and oxygen atoms in total. The van der Waals surface area contributed by atoms with E-state index in [4.69, 9.17) is 22.2 Å². The van der Waals surface area contributed by atoms with Crippen molar-refractivity contribution in [3.63, 3.8) is 0 Å². The molecule has 1 aliphatic heterocycles. The third-order valence-electron chi connectivity index (χ3n) is 2.10. The zero-order valence-corrected chi connectivity index (χ0v) is 7.79. The second kappa shape index (κ2) is 3.64. The van der Waals surface area contributed by atoms with Gasteiger partial charge in [-0.2, -0.15) is 5.48 Å². The van der Waals surface area contributed by atoms with E-state index < -0.39 is 0 Å². The van der Waals surface area contributed by atoms with Crippen molar-refractivity contribution in [1.29, 1.82) is 0 Å². The highest BCUT2D eigenvalue weighted by molar-refractivity contribution is 6.30. The van der Waals surface area contributed by atoms with Crippen molar-refractivity contribution in [2.75, 3.05) is 0 Å². The number of halogens is 1. The van der Waals surface area contributed by atoms with E-state index in [1.807, 2.05) is 24.3 Å². The third kappa shape index (κ3) is 2.00. The van der Waals surface area contributed by atoms with Gasteiger partial charge in [0.05, 0.1) is 6.04 Å². The lowest BCUT2D eigenvalue weighted by atomic mass is 10.1. The lowest BCUT2D eigenvalue weighted by Gasteiger charge is -2.07. The van der Waals surface area contributed by atoms with Crippen LogP contribution in [0.5, 0.6) is 0 Å². The lowest BCUT2D eigenvalue weighted by molar-refractivity contribution is 0.0300. The van der Waals surface area contributed by atoms with Crippen molar-refractivity contribution in [3.8, 4) is 0 Å². The number of hydroxylamine groups is 1. The molecule has 0 spiro atoms. The molecular formula is C9H11ClN2O. The second-order valence-corrected chi connectivity index (χ2v) is 3.55. The lowest BCUT2D eigenvalue weighted by Crippen LogP contribution is -2.19. The van der Waals surface area contributed by atoms with Crippen LogP contribution in [-0.2, 0) is 4.84 Å². The van der Waals surface area contributed by atoms with Gasteiger partial charge in [-0.1, -0.05) is 23.7 Å². The van der Waals surface area contributed by atoms with Crippen LogP contribution in [0.2, 0.25) is 5.02 Å². The van der Waals surface area contributed by atoms with Crippen LogP contribution in [0.3, 0.4) is 0 Å². The van der Waals surface area contributed by atoms with Gasteiger partial charge in [0, 0.05) is 11.4 Å². The topological polar surface area (TPSA) is 47.3 Å². The number of nitrogens with two attached hydrogens (primary N) is 1. The molecule has 2 atom stereocenters. The van der Waals surface area contributed by atoms with Crippen molar-refractivity contribution in [2.45, 2.75) is 18.7 Å². The summed E-state index contributed by atoms with van der Waals surface area (Å²) in [4.78, 5) is 5.04. The number of rotatable bonds is 1. The number of hydrogen-bond donors (Lipinski definition) is 2.